The number of aliphatic imine (C=N–C) groups is 1. The van der Waals surface area contributed by atoms with Gasteiger partial charge >= 0.3 is 0 Å². The highest BCUT2D eigenvalue weighted by Crippen LogP contribution is 2.14. The lowest BCUT2D eigenvalue weighted by atomic mass is 10.2. The van der Waals surface area contributed by atoms with Crippen LogP contribution in [0.2, 0.25) is 0 Å². The number of hydroxylamine groups is 2. The molecule has 2 rings (SSSR count). The quantitative estimate of drug-likeness (QED) is 0.436. The fraction of sp³-hybridized carbons (Fsp3) is 0.250. The zero-order valence-corrected chi connectivity index (χ0v) is 9.42. The molecular weight excluding hydrogens is 220 g/mol. The molecule has 1 heterocycles. The molecule has 5 heteroatoms. The zero-order chi connectivity index (χ0) is 12.3. The number of rotatable bonds is 2. The average Bonchev–Trinajstić information content (AvgIpc) is 2.68. The molecular formula is C12H12N2O3. The second kappa shape index (κ2) is 4.78. The van der Waals surface area contributed by atoms with E-state index in [9.17, 15) is 9.59 Å². The molecule has 0 aliphatic carbocycles. The van der Waals surface area contributed by atoms with Gasteiger partial charge in [0.2, 0.25) is 5.90 Å². The van der Waals surface area contributed by atoms with Crippen LogP contribution in [0.4, 0.5) is 0 Å². The van der Waals surface area contributed by atoms with Gasteiger partial charge in [-0.05, 0) is 12.1 Å². The molecule has 0 N–H and O–H groups in total. The van der Waals surface area contributed by atoms with Gasteiger partial charge in [0, 0.05) is 25.5 Å². The molecule has 1 aliphatic heterocycles. The Bertz CT molecular complexity index is 452. The summed E-state index contributed by atoms with van der Waals surface area (Å²) in [7, 11) is 1.55. The SMILES string of the molecule is CN=C(ON1C(=O)CCC1=O)c1ccccc1. The van der Waals surface area contributed by atoms with Crippen LogP contribution in [0.3, 0.4) is 0 Å². The predicted molar refractivity (Wildman–Crippen MR) is 61.1 cm³/mol. The molecule has 0 spiro atoms. The molecule has 0 atom stereocenters. The van der Waals surface area contributed by atoms with Crippen LogP contribution in [0.25, 0.3) is 0 Å². The van der Waals surface area contributed by atoms with Crippen molar-refractivity contribution in [3.63, 3.8) is 0 Å². The molecule has 88 valence electrons. The lowest BCUT2D eigenvalue weighted by Crippen LogP contribution is -2.32. The Morgan fingerprint density at radius 1 is 1.18 bits per heavy atom. The Hall–Kier alpha value is -2.17. The number of amides is 2. The van der Waals surface area contributed by atoms with E-state index in [-0.39, 0.29) is 30.6 Å². The van der Waals surface area contributed by atoms with Crippen LogP contribution in [0.1, 0.15) is 18.4 Å². The Morgan fingerprint density at radius 3 is 2.29 bits per heavy atom. The highest BCUT2D eigenvalue weighted by molar-refractivity contribution is 6.03. The van der Waals surface area contributed by atoms with Crippen LogP contribution in [0.15, 0.2) is 35.3 Å². The van der Waals surface area contributed by atoms with Crippen LogP contribution in [-0.4, -0.2) is 29.8 Å². The highest BCUT2D eigenvalue weighted by Gasteiger charge is 2.32. The second-order valence-electron chi connectivity index (χ2n) is 3.57. The van der Waals surface area contributed by atoms with Gasteiger partial charge in [0.05, 0.1) is 0 Å². The van der Waals surface area contributed by atoms with Crippen LogP contribution in [0.5, 0.6) is 0 Å². The number of hydrogen-bond acceptors (Lipinski definition) is 4. The first-order valence-corrected chi connectivity index (χ1v) is 5.28. The largest absolute Gasteiger partial charge is 0.348 e. The zero-order valence-electron chi connectivity index (χ0n) is 9.42. The maximum atomic E-state index is 11.4. The third-order valence-corrected chi connectivity index (χ3v) is 2.41. The lowest BCUT2D eigenvalue weighted by molar-refractivity contribution is -0.167. The summed E-state index contributed by atoms with van der Waals surface area (Å²) < 4.78 is 0. The molecule has 1 aromatic rings. The third kappa shape index (κ3) is 2.33. The summed E-state index contributed by atoms with van der Waals surface area (Å²) >= 11 is 0. The Kier molecular flexibility index (Phi) is 3.18. The van der Waals surface area contributed by atoms with Crippen LogP contribution >= 0.6 is 0 Å². The van der Waals surface area contributed by atoms with Crippen molar-refractivity contribution in [2.75, 3.05) is 7.05 Å². The number of benzene rings is 1. The Balaban J connectivity index is 2.17. The summed E-state index contributed by atoms with van der Waals surface area (Å²) in [5, 5.41) is 0.787. The van der Waals surface area contributed by atoms with Crippen molar-refractivity contribution in [2.45, 2.75) is 12.8 Å². The molecule has 5 nitrogen and oxygen atoms in total. The first-order chi connectivity index (χ1) is 8.22. The minimum absolute atomic E-state index is 0.199. The molecule has 1 aromatic carbocycles. The molecule has 1 saturated heterocycles. The molecule has 0 unspecified atom stereocenters. The lowest BCUT2D eigenvalue weighted by Gasteiger charge is -2.15. The van der Waals surface area contributed by atoms with Gasteiger partial charge in [0.15, 0.2) is 0 Å². The monoisotopic (exact) mass is 232 g/mol. The van der Waals surface area contributed by atoms with Gasteiger partial charge in [-0.25, -0.2) is 0 Å². The summed E-state index contributed by atoms with van der Waals surface area (Å²) in [6.45, 7) is 0. The van der Waals surface area contributed by atoms with Gasteiger partial charge in [0.25, 0.3) is 11.8 Å². The molecule has 0 radical (unpaired) electrons. The van der Waals surface area contributed by atoms with Gasteiger partial charge in [-0.15, -0.1) is 5.06 Å². The van der Waals surface area contributed by atoms with E-state index in [1.165, 1.54) is 0 Å². The summed E-state index contributed by atoms with van der Waals surface area (Å²) in [6.07, 6.45) is 0.398. The van der Waals surface area contributed by atoms with Crippen molar-refractivity contribution in [1.29, 1.82) is 0 Å². The normalized spacial score (nSPS) is 16.5. The van der Waals surface area contributed by atoms with E-state index in [2.05, 4.69) is 4.99 Å². The number of hydrogen-bond donors (Lipinski definition) is 0. The van der Waals surface area contributed by atoms with E-state index in [0.29, 0.717) is 0 Å². The van der Waals surface area contributed by atoms with Crippen molar-refractivity contribution in [2.24, 2.45) is 4.99 Å². The summed E-state index contributed by atoms with van der Waals surface area (Å²) in [6, 6.07) is 9.12. The third-order valence-electron chi connectivity index (χ3n) is 2.41. The van der Waals surface area contributed by atoms with E-state index >= 15 is 0 Å². The Morgan fingerprint density at radius 2 is 1.76 bits per heavy atom. The first-order valence-electron chi connectivity index (χ1n) is 5.28. The van der Waals surface area contributed by atoms with Gasteiger partial charge in [-0.2, -0.15) is 0 Å². The van der Waals surface area contributed by atoms with Crippen molar-refractivity contribution in [3.8, 4) is 0 Å². The summed E-state index contributed by atoms with van der Waals surface area (Å²) in [5.74, 6) is -0.395. The number of carbonyl (C=O) groups is 2. The molecule has 0 saturated carbocycles. The molecule has 2 amide bonds. The topological polar surface area (TPSA) is 59.0 Å². The minimum atomic E-state index is -0.327. The molecule has 1 aliphatic rings. The van der Waals surface area contributed by atoms with E-state index in [4.69, 9.17) is 4.84 Å². The van der Waals surface area contributed by atoms with Gasteiger partial charge < -0.3 is 4.84 Å². The van der Waals surface area contributed by atoms with Crippen LogP contribution in [-0.2, 0) is 14.4 Å². The first kappa shape index (κ1) is 11.3. The average molecular weight is 232 g/mol. The van der Waals surface area contributed by atoms with E-state index < -0.39 is 0 Å². The fourth-order valence-electron chi connectivity index (χ4n) is 1.55. The van der Waals surface area contributed by atoms with Gasteiger partial charge in [-0.3, -0.25) is 14.6 Å². The van der Waals surface area contributed by atoms with Crippen molar-refractivity contribution >= 4 is 17.7 Å². The summed E-state index contributed by atoms with van der Waals surface area (Å²) in [4.78, 5) is 32.0. The van der Waals surface area contributed by atoms with E-state index in [1.54, 1.807) is 19.2 Å². The summed E-state index contributed by atoms with van der Waals surface area (Å²) in [5.41, 5.74) is 0.725. The van der Waals surface area contributed by atoms with Crippen molar-refractivity contribution < 1.29 is 14.4 Å². The highest BCUT2D eigenvalue weighted by atomic mass is 16.7. The second-order valence-corrected chi connectivity index (χ2v) is 3.57. The fourth-order valence-corrected chi connectivity index (χ4v) is 1.55. The van der Waals surface area contributed by atoms with Gasteiger partial charge in [-0.1, -0.05) is 18.2 Å². The standard InChI is InChI=1S/C12H12N2O3/c1-13-12(9-5-3-2-4-6-9)17-14-10(15)7-8-11(14)16/h2-6H,7-8H2,1H3. The number of carbonyl (C=O) groups excluding carboxylic acids is 2. The molecule has 1 fully saturated rings. The number of nitrogens with zero attached hydrogens (tertiary/aromatic N) is 2. The maximum absolute atomic E-state index is 11.4. The number of imide groups is 1. The predicted octanol–water partition coefficient (Wildman–Crippen LogP) is 1.14. The van der Waals surface area contributed by atoms with Crippen LogP contribution in [0, 0.1) is 0 Å². The van der Waals surface area contributed by atoms with Crippen LogP contribution < -0.4 is 0 Å². The minimum Gasteiger partial charge on any atom is -0.348 e. The Labute approximate surface area is 98.7 Å². The smallest absolute Gasteiger partial charge is 0.264 e. The van der Waals surface area contributed by atoms with E-state index in [0.717, 1.165) is 10.6 Å². The maximum Gasteiger partial charge on any atom is 0.264 e. The molecule has 17 heavy (non-hydrogen) atoms. The molecule has 0 bridgehead atoms. The van der Waals surface area contributed by atoms with Crippen molar-refractivity contribution in [1.82, 2.24) is 5.06 Å². The van der Waals surface area contributed by atoms with Crippen molar-refractivity contribution in [3.05, 3.63) is 35.9 Å². The van der Waals surface area contributed by atoms with Gasteiger partial charge in [0.1, 0.15) is 0 Å². The van der Waals surface area contributed by atoms with E-state index in [1.807, 2.05) is 18.2 Å². The molecule has 0 aromatic heterocycles.